The number of benzene rings is 1. The molecule has 3 nitrogen and oxygen atoms in total. The van der Waals surface area contributed by atoms with Crippen LogP contribution in [0.3, 0.4) is 0 Å². The summed E-state index contributed by atoms with van der Waals surface area (Å²) in [6, 6.07) is 5.39. The first kappa shape index (κ1) is 10.7. The Hall–Kier alpha value is -1.38. The van der Waals surface area contributed by atoms with Gasteiger partial charge in [0.2, 0.25) is 0 Å². The Morgan fingerprint density at radius 2 is 2.07 bits per heavy atom. The van der Waals surface area contributed by atoms with Crippen molar-refractivity contribution in [3.8, 4) is 5.75 Å². The largest absolute Gasteiger partial charge is 0.506 e. The second-order valence-corrected chi connectivity index (χ2v) is 3.32. The van der Waals surface area contributed by atoms with Gasteiger partial charge in [0, 0.05) is 24.8 Å². The van der Waals surface area contributed by atoms with E-state index in [9.17, 15) is 5.11 Å². The quantitative estimate of drug-likeness (QED) is 0.570. The number of hydrogen-bond donors (Lipinski definition) is 2. The Balaban J connectivity index is 2.88. The summed E-state index contributed by atoms with van der Waals surface area (Å²) in [5.74, 6) is 0.164. The third-order valence-corrected chi connectivity index (χ3v) is 2.25. The number of nitrogen functional groups attached to an aromatic ring is 1. The topological polar surface area (TPSA) is 49.5 Å². The summed E-state index contributed by atoms with van der Waals surface area (Å²) >= 11 is 0. The van der Waals surface area contributed by atoms with E-state index in [0.717, 1.165) is 25.2 Å². The monoisotopic (exact) mass is 194 g/mol. The maximum absolute atomic E-state index is 9.46. The minimum Gasteiger partial charge on any atom is -0.506 e. The molecule has 1 rings (SSSR count). The average Bonchev–Trinajstić information content (AvgIpc) is 2.19. The van der Waals surface area contributed by atoms with Crippen molar-refractivity contribution < 1.29 is 5.11 Å². The zero-order valence-electron chi connectivity index (χ0n) is 8.83. The number of phenols is 1. The standard InChI is InChI=1S/C11H18N2O/c1-3-7-13(4-2)9-5-6-10(12)11(14)8-9/h5-6,8,14H,3-4,7,12H2,1-2H3. The second-order valence-electron chi connectivity index (χ2n) is 3.32. The van der Waals surface area contributed by atoms with Gasteiger partial charge in [-0.15, -0.1) is 0 Å². The molecule has 0 aromatic heterocycles. The lowest BCUT2D eigenvalue weighted by Crippen LogP contribution is -2.23. The van der Waals surface area contributed by atoms with Crippen molar-refractivity contribution in [2.24, 2.45) is 0 Å². The number of hydrogen-bond acceptors (Lipinski definition) is 3. The zero-order valence-corrected chi connectivity index (χ0v) is 8.83. The van der Waals surface area contributed by atoms with Crippen LogP contribution in [0.15, 0.2) is 18.2 Å². The van der Waals surface area contributed by atoms with E-state index in [-0.39, 0.29) is 5.75 Å². The van der Waals surface area contributed by atoms with E-state index in [2.05, 4.69) is 18.7 Å². The molecule has 0 amide bonds. The fraction of sp³-hybridized carbons (Fsp3) is 0.455. The van der Waals surface area contributed by atoms with Crippen molar-refractivity contribution in [3.05, 3.63) is 18.2 Å². The minimum atomic E-state index is 0.164. The van der Waals surface area contributed by atoms with E-state index < -0.39 is 0 Å². The van der Waals surface area contributed by atoms with Gasteiger partial charge in [-0.05, 0) is 25.5 Å². The van der Waals surface area contributed by atoms with E-state index in [1.807, 2.05) is 6.07 Å². The third-order valence-electron chi connectivity index (χ3n) is 2.25. The van der Waals surface area contributed by atoms with Crippen LogP contribution in [-0.4, -0.2) is 18.2 Å². The van der Waals surface area contributed by atoms with Gasteiger partial charge in [0.05, 0.1) is 5.69 Å². The number of phenolic OH excluding ortho intramolecular Hbond substituents is 1. The molecule has 1 aromatic carbocycles. The number of anilines is 2. The fourth-order valence-corrected chi connectivity index (χ4v) is 1.47. The van der Waals surface area contributed by atoms with Gasteiger partial charge < -0.3 is 15.7 Å². The van der Waals surface area contributed by atoms with Crippen LogP contribution in [0.4, 0.5) is 11.4 Å². The van der Waals surface area contributed by atoms with Crippen molar-refractivity contribution >= 4 is 11.4 Å². The third kappa shape index (κ3) is 2.31. The zero-order chi connectivity index (χ0) is 10.6. The molecular weight excluding hydrogens is 176 g/mol. The summed E-state index contributed by atoms with van der Waals surface area (Å²) in [7, 11) is 0. The lowest BCUT2D eigenvalue weighted by molar-refractivity contribution is 0.478. The highest BCUT2D eigenvalue weighted by Gasteiger charge is 2.05. The Morgan fingerprint density at radius 1 is 1.36 bits per heavy atom. The van der Waals surface area contributed by atoms with Crippen LogP contribution in [0.1, 0.15) is 20.3 Å². The molecule has 0 bridgehead atoms. The van der Waals surface area contributed by atoms with Gasteiger partial charge in [-0.2, -0.15) is 0 Å². The molecule has 0 saturated heterocycles. The summed E-state index contributed by atoms with van der Waals surface area (Å²) in [5.41, 5.74) is 7.00. The smallest absolute Gasteiger partial charge is 0.140 e. The molecule has 0 aliphatic rings. The summed E-state index contributed by atoms with van der Waals surface area (Å²) in [6.07, 6.45) is 1.10. The second kappa shape index (κ2) is 4.74. The van der Waals surface area contributed by atoms with E-state index in [0.29, 0.717) is 5.69 Å². The molecule has 0 aliphatic carbocycles. The maximum Gasteiger partial charge on any atom is 0.140 e. The van der Waals surface area contributed by atoms with E-state index in [1.165, 1.54) is 0 Å². The first-order valence-corrected chi connectivity index (χ1v) is 5.02. The number of rotatable bonds is 4. The minimum absolute atomic E-state index is 0.164. The van der Waals surface area contributed by atoms with Crippen LogP contribution in [0, 0.1) is 0 Å². The maximum atomic E-state index is 9.46. The Bertz CT molecular complexity index is 299. The van der Waals surface area contributed by atoms with Crippen molar-refractivity contribution in [2.75, 3.05) is 23.7 Å². The van der Waals surface area contributed by atoms with Crippen LogP contribution in [0.5, 0.6) is 5.75 Å². The summed E-state index contributed by atoms with van der Waals surface area (Å²) in [6.45, 7) is 6.18. The van der Waals surface area contributed by atoms with Gasteiger partial charge in [-0.3, -0.25) is 0 Å². The fourth-order valence-electron chi connectivity index (χ4n) is 1.47. The van der Waals surface area contributed by atoms with Gasteiger partial charge in [-0.25, -0.2) is 0 Å². The van der Waals surface area contributed by atoms with Crippen LogP contribution in [-0.2, 0) is 0 Å². The van der Waals surface area contributed by atoms with E-state index in [1.54, 1.807) is 12.1 Å². The predicted octanol–water partition coefficient (Wildman–Crippen LogP) is 2.21. The lowest BCUT2D eigenvalue weighted by atomic mass is 10.2. The van der Waals surface area contributed by atoms with Gasteiger partial charge >= 0.3 is 0 Å². The molecule has 3 heteroatoms. The van der Waals surface area contributed by atoms with Gasteiger partial charge in [0.1, 0.15) is 5.75 Å². The van der Waals surface area contributed by atoms with Gasteiger partial charge in [-0.1, -0.05) is 6.92 Å². The first-order valence-electron chi connectivity index (χ1n) is 5.02. The van der Waals surface area contributed by atoms with Crippen molar-refractivity contribution in [1.82, 2.24) is 0 Å². The van der Waals surface area contributed by atoms with Crippen LogP contribution in [0.25, 0.3) is 0 Å². The van der Waals surface area contributed by atoms with Gasteiger partial charge in [0.25, 0.3) is 0 Å². The first-order chi connectivity index (χ1) is 6.69. The highest BCUT2D eigenvalue weighted by atomic mass is 16.3. The molecular formula is C11H18N2O. The van der Waals surface area contributed by atoms with Crippen LogP contribution < -0.4 is 10.6 Å². The van der Waals surface area contributed by atoms with Crippen molar-refractivity contribution in [3.63, 3.8) is 0 Å². The Morgan fingerprint density at radius 3 is 2.57 bits per heavy atom. The highest BCUT2D eigenvalue weighted by molar-refractivity contribution is 5.61. The predicted molar refractivity (Wildman–Crippen MR) is 60.7 cm³/mol. The molecule has 0 fully saturated rings. The Kier molecular flexibility index (Phi) is 3.63. The van der Waals surface area contributed by atoms with Gasteiger partial charge in [0.15, 0.2) is 0 Å². The normalized spacial score (nSPS) is 10.1. The summed E-state index contributed by atoms with van der Waals surface area (Å²) < 4.78 is 0. The molecule has 0 heterocycles. The molecule has 0 atom stereocenters. The summed E-state index contributed by atoms with van der Waals surface area (Å²) in [5, 5.41) is 9.46. The SMILES string of the molecule is CCCN(CC)c1ccc(N)c(O)c1. The molecule has 0 unspecified atom stereocenters. The number of aromatic hydroxyl groups is 1. The highest BCUT2D eigenvalue weighted by Crippen LogP contribution is 2.26. The van der Waals surface area contributed by atoms with E-state index in [4.69, 9.17) is 5.73 Å². The van der Waals surface area contributed by atoms with Crippen LogP contribution >= 0.6 is 0 Å². The van der Waals surface area contributed by atoms with Crippen LogP contribution in [0.2, 0.25) is 0 Å². The molecule has 3 N–H and O–H groups in total. The van der Waals surface area contributed by atoms with E-state index >= 15 is 0 Å². The molecule has 78 valence electrons. The molecule has 1 aromatic rings. The number of nitrogens with zero attached hydrogens (tertiary/aromatic N) is 1. The Labute approximate surface area is 85.2 Å². The molecule has 0 aliphatic heterocycles. The molecule has 14 heavy (non-hydrogen) atoms. The van der Waals surface area contributed by atoms with Crippen molar-refractivity contribution in [2.45, 2.75) is 20.3 Å². The summed E-state index contributed by atoms with van der Waals surface area (Å²) in [4.78, 5) is 2.21. The van der Waals surface area contributed by atoms with Crippen molar-refractivity contribution in [1.29, 1.82) is 0 Å². The molecule has 0 radical (unpaired) electrons. The number of nitrogens with two attached hydrogens (primary N) is 1. The average molecular weight is 194 g/mol. The lowest BCUT2D eigenvalue weighted by Gasteiger charge is -2.22. The molecule has 0 saturated carbocycles. The molecule has 0 spiro atoms.